The van der Waals surface area contributed by atoms with Gasteiger partial charge in [0, 0.05) is 9.92 Å². The van der Waals surface area contributed by atoms with Gasteiger partial charge >= 0.3 is 0 Å². The van der Waals surface area contributed by atoms with Crippen molar-refractivity contribution in [3.63, 3.8) is 0 Å². The molecule has 21 heavy (non-hydrogen) atoms. The van der Waals surface area contributed by atoms with E-state index in [1.807, 2.05) is 32.0 Å². The first-order chi connectivity index (χ1) is 9.95. The lowest BCUT2D eigenvalue weighted by molar-refractivity contribution is -0.115. The normalized spacial score (nSPS) is 12.0. The van der Waals surface area contributed by atoms with E-state index in [0.29, 0.717) is 10.7 Å². The summed E-state index contributed by atoms with van der Waals surface area (Å²) >= 11 is 7.27. The third kappa shape index (κ3) is 4.41. The molecule has 1 unspecified atom stereocenters. The molecule has 0 aromatic heterocycles. The van der Waals surface area contributed by atoms with Crippen LogP contribution in [0.3, 0.4) is 0 Å². The number of thioether (sulfide) groups is 1. The van der Waals surface area contributed by atoms with Gasteiger partial charge in [0.15, 0.2) is 0 Å². The highest BCUT2D eigenvalue weighted by molar-refractivity contribution is 8.00. The third-order valence-electron chi connectivity index (χ3n) is 2.91. The zero-order valence-electron chi connectivity index (χ0n) is 11.8. The van der Waals surface area contributed by atoms with Crippen LogP contribution in [0.25, 0.3) is 0 Å². The van der Waals surface area contributed by atoms with E-state index in [1.54, 1.807) is 24.3 Å². The molecule has 0 bridgehead atoms. The Hall–Kier alpha value is -1.65. The molecular weight excluding hydrogens is 306 g/mol. The number of phenols is 1. The minimum atomic E-state index is -0.285. The molecule has 2 rings (SSSR count). The van der Waals surface area contributed by atoms with Gasteiger partial charge in [0.05, 0.1) is 10.9 Å². The SMILES string of the molecule is Cc1ccc(NC(=O)C(C)Sc2ccc(Cl)cc2)c(O)c1. The van der Waals surface area contributed by atoms with E-state index in [0.717, 1.165) is 10.5 Å². The van der Waals surface area contributed by atoms with Gasteiger partial charge < -0.3 is 10.4 Å². The number of hydrogen-bond acceptors (Lipinski definition) is 3. The average molecular weight is 322 g/mol. The maximum absolute atomic E-state index is 12.2. The molecule has 0 saturated heterocycles. The minimum Gasteiger partial charge on any atom is -0.506 e. The fourth-order valence-corrected chi connectivity index (χ4v) is 2.75. The molecule has 5 heteroatoms. The summed E-state index contributed by atoms with van der Waals surface area (Å²) in [5.41, 5.74) is 1.36. The topological polar surface area (TPSA) is 49.3 Å². The summed E-state index contributed by atoms with van der Waals surface area (Å²) in [6, 6.07) is 12.5. The third-order valence-corrected chi connectivity index (χ3v) is 4.27. The maximum Gasteiger partial charge on any atom is 0.237 e. The van der Waals surface area contributed by atoms with Crippen LogP contribution in [0, 0.1) is 6.92 Å². The summed E-state index contributed by atoms with van der Waals surface area (Å²) in [5.74, 6) is -0.0823. The highest BCUT2D eigenvalue weighted by atomic mass is 35.5. The molecule has 2 N–H and O–H groups in total. The van der Waals surface area contributed by atoms with Crippen molar-refractivity contribution >= 4 is 35.0 Å². The number of benzene rings is 2. The molecule has 110 valence electrons. The van der Waals surface area contributed by atoms with E-state index in [-0.39, 0.29) is 16.9 Å². The van der Waals surface area contributed by atoms with Gasteiger partial charge in [-0.05, 0) is 55.8 Å². The van der Waals surface area contributed by atoms with Crippen LogP contribution in [0.1, 0.15) is 12.5 Å². The van der Waals surface area contributed by atoms with Gasteiger partial charge in [-0.3, -0.25) is 4.79 Å². The summed E-state index contributed by atoms with van der Waals surface area (Å²) in [6.45, 7) is 3.70. The van der Waals surface area contributed by atoms with Gasteiger partial charge in [-0.2, -0.15) is 0 Å². The van der Waals surface area contributed by atoms with Crippen LogP contribution in [0.4, 0.5) is 5.69 Å². The zero-order valence-corrected chi connectivity index (χ0v) is 13.3. The number of carbonyl (C=O) groups is 1. The standard InChI is InChI=1S/C16H16ClNO2S/c1-10-3-8-14(15(19)9-10)18-16(20)11(2)21-13-6-4-12(17)5-7-13/h3-9,11,19H,1-2H3,(H,18,20). The fraction of sp³-hybridized carbons (Fsp3) is 0.188. The number of aryl methyl sites for hydroxylation is 1. The number of hydrogen-bond donors (Lipinski definition) is 2. The maximum atomic E-state index is 12.2. The first kappa shape index (κ1) is 15.7. The smallest absolute Gasteiger partial charge is 0.237 e. The molecule has 1 atom stereocenters. The van der Waals surface area contributed by atoms with Crippen molar-refractivity contribution in [3.05, 3.63) is 53.1 Å². The van der Waals surface area contributed by atoms with Crippen molar-refractivity contribution in [2.45, 2.75) is 24.0 Å². The molecule has 0 saturated carbocycles. The van der Waals surface area contributed by atoms with Crippen LogP contribution >= 0.6 is 23.4 Å². The summed E-state index contributed by atoms with van der Waals surface area (Å²) in [7, 11) is 0. The molecule has 2 aromatic carbocycles. The first-order valence-electron chi connectivity index (χ1n) is 6.48. The Kier molecular flexibility index (Phi) is 5.15. The second-order valence-electron chi connectivity index (χ2n) is 4.72. The Morgan fingerprint density at radius 1 is 1.24 bits per heavy atom. The summed E-state index contributed by atoms with van der Waals surface area (Å²) in [5, 5.41) is 12.9. The quantitative estimate of drug-likeness (QED) is 0.645. The van der Waals surface area contributed by atoms with Gasteiger partial charge in [0.25, 0.3) is 0 Å². The molecule has 3 nitrogen and oxygen atoms in total. The second-order valence-corrected chi connectivity index (χ2v) is 6.57. The highest BCUT2D eigenvalue weighted by Crippen LogP contribution is 2.28. The van der Waals surface area contributed by atoms with Crippen molar-refractivity contribution in [2.75, 3.05) is 5.32 Å². The number of rotatable bonds is 4. The van der Waals surface area contributed by atoms with Gasteiger partial charge in [0.1, 0.15) is 5.75 Å². The van der Waals surface area contributed by atoms with Gasteiger partial charge in [-0.15, -0.1) is 11.8 Å². The molecule has 0 aliphatic carbocycles. The molecule has 0 aliphatic rings. The van der Waals surface area contributed by atoms with E-state index in [1.165, 1.54) is 11.8 Å². The molecule has 0 aliphatic heterocycles. The van der Waals surface area contributed by atoms with Crippen molar-refractivity contribution in [3.8, 4) is 5.75 Å². The molecule has 1 amide bonds. The van der Waals surface area contributed by atoms with Crippen LogP contribution in [-0.4, -0.2) is 16.3 Å². The van der Waals surface area contributed by atoms with E-state index in [2.05, 4.69) is 5.32 Å². The number of halogens is 1. The predicted molar refractivity (Wildman–Crippen MR) is 88.2 cm³/mol. The van der Waals surface area contributed by atoms with E-state index in [9.17, 15) is 9.90 Å². The van der Waals surface area contributed by atoms with E-state index in [4.69, 9.17) is 11.6 Å². The van der Waals surface area contributed by atoms with Gasteiger partial charge in [-0.25, -0.2) is 0 Å². The number of aromatic hydroxyl groups is 1. The lowest BCUT2D eigenvalue weighted by Gasteiger charge is -2.13. The van der Waals surface area contributed by atoms with Crippen LogP contribution in [-0.2, 0) is 4.79 Å². The first-order valence-corrected chi connectivity index (χ1v) is 7.74. The number of phenolic OH excluding ortho intramolecular Hbond substituents is 1. The molecule has 0 spiro atoms. The van der Waals surface area contributed by atoms with Crippen molar-refractivity contribution in [2.24, 2.45) is 0 Å². The average Bonchev–Trinajstić information content (AvgIpc) is 2.44. The Morgan fingerprint density at radius 3 is 2.52 bits per heavy atom. The van der Waals surface area contributed by atoms with Crippen LogP contribution < -0.4 is 5.32 Å². The number of amides is 1. The van der Waals surface area contributed by atoms with Crippen molar-refractivity contribution < 1.29 is 9.90 Å². The Morgan fingerprint density at radius 2 is 1.90 bits per heavy atom. The van der Waals surface area contributed by atoms with Crippen LogP contribution in [0.5, 0.6) is 5.75 Å². The molecular formula is C16H16ClNO2S. The molecule has 0 radical (unpaired) electrons. The Labute approximate surface area is 133 Å². The second kappa shape index (κ2) is 6.87. The van der Waals surface area contributed by atoms with E-state index >= 15 is 0 Å². The molecule has 0 fully saturated rings. The van der Waals surface area contributed by atoms with E-state index < -0.39 is 0 Å². The highest BCUT2D eigenvalue weighted by Gasteiger charge is 2.16. The lowest BCUT2D eigenvalue weighted by Crippen LogP contribution is -2.22. The fourth-order valence-electron chi connectivity index (χ4n) is 1.75. The van der Waals surface area contributed by atoms with Gasteiger partial charge in [0.2, 0.25) is 5.91 Å². The molecule has 2 aromatic rings. The monoisotopic (exact) mass is 321 g/mol. The Bertz CT molecular complexity index is 643. The van der Waals surface area contributed by atoms with Gasteiger partial charge in [-0.1, -0.05) is 17.7 Å². The predicted octanol–water partition coefficient (Wildman–Crippen LogP) is 4.47. The number of anilines is 1. The largest absolute Gasteiger partial charge is 0.506 e. The summed E-state index contributed by atoms with van der Waals surface area (Å²) < 4.78 is 0. The molecule has 0 heterocycles. The zero-order chi connectivity index (χ0) is 15.4. The lowest BCUT2D eigenvalue weighted by atomic mass is 10.2. The van der Waals surface area contributed by atoms with Crippen molar-refractivity contribution in [1.82, 2.24) is 0 Å². The number of nitrogens with one attached hydrogen (secondary N) is 1. The summed E-state index contributed by atoms with van der Waals surface area (Å²) in [6.07, 6.45) is 0. The van der Waals surface area contributed by atoms with Crippen LogP contribution in [0.2, 0.25) is 5.02 Å². The number of carbonyl (C=O) groups excluding carboxylic acids is 1. The Balaban J connectivity index is 2.00. The van der Waals surface area contributed by atoms with Crippen molar-refractivity contribution in [1.29, 1.82) is 0 Å². The summed E-state index contributed by atoms with van der Waals surface area (Å²) in [4.78, 5) is 13.1. The van der Waals surface area contributed by atoms with Crippen LogP contribution in [0.15, 0.2) is 47.4 Å². The minimum absolute atomic E-state index is 0.0760.